The molecule has 2 aliphatic heterocycles. The molecule has 8 amide bonds. The van der Waals surface area contributed by atoms with Crippen LogP contribution in [0, 0.1) is 17.8 Å². The van der Waals surface area contributed by atoms with Gasteiger partial charge in [0.05, 0.1) is 12.7 Å². The molecule has 18 heteroatoms. The lowest BCUT2D eigenvalue weighted by molar-refractivity contribution is -0.143. The molecule has 60 heavy (non-hydrogen) atoms. The van der Waals surface area contributed by atoms with E-state index < -0.39 is 114 Å². The molecule has 0 aliphatic carbocycles. The van der Waals surface area contributed by atoms with Crippen molar-refractivity contribution in [2.45, 2.75) is 148 Å². The van der Waals surface area contributed by atoms with E-state index in [0.717, 1.165) is 0 Å². The number of amides is 8. The fourth-order valence-corrected chi connectivity index (χ4v) is 7.21. The van der Waals surface area contributed by atoms with E-state index in [1.165, 1.54) is 18.7 Å². The minimum atomic E-state index is -1.61. The summed E-state index contributed by atoms with van der Waals surface area (Å²) in [4.78, 5) is 112. The maximum atomic E-state index is 14.2. The van der Waals surface area contributed by atoms with Crippen LogP contribution in [0.25, 0.3) is 0 Å². The minimum absolute atomic E-state index is 0.0848. The molecule has 10 atom stereocenters. The first-order chi connectivity index (χ1) is 28.3. The van der Waals surface area contributed by atoms with E-state index in [1.54, 1.807) is 37.3 Å². The second-order valence-electron chi connectivity index (χ2n) is 16.9. The molecule has 2 heterocycles. The van der Waals surface area contributed by atoms with Gasteiger partial charge < -0.3 is 52.3 Å². The molecule has 2 aliphatic rings. The third-order valence-electron chi connectivity index (χ3n) is 10.8. The average Bonchev–Trinajstić information content (AvgIpc) is 3.69. The summed E-state index contributed by atoms with van der Waals surface area (Å²) < 4.78 is 0. The third-order valence-corrected chi connectivity index (χ3v) is 10.8. The van der Waals surface area contributed by atoms with Crippen molar-refractivity contribution in [3.63, 3.8) is 0 Å². The summed E-state index contributed by atoms with van der Waals surface area (Å²) in [6.07, 6.45) is -0.0355. The molecule has 0 unspecified atom stereocenters. The van der Waals surface area contributed by atoms with Crippen LogP contribution in [0.5, 0.6) is 0 Å². The van der Waals surface area contributed by atoms with Gasteiger partial charge in [0, 0.05) is 13.0 Å². The number of rotatable bonds is 10. The van der Waals surface area contributed by atoms with Gasteiger partial charge in [-0.2, -0.15) is 0 Å². The SMILES string of the molecule is CC[C@H](C)[C@@H]1NC(=O)[C@H](C)NC(=O)[C@H]([C@H](C)O)NC(=O)[C@H](Cc2ccccc2)NC(=O)[C@H](CO)NC(=O)[C@H](CC(C)C)NC(=O)[C@@H](CC(C)C)NC(=O)[C@H]2CCCN2C1=O. The Hall–Kier alpha value is -5.10. The van der Waals surface area contributed by atoms with Gasteiger partial charge in [-0.15, -0.1) is 0 Å². The maximum absolute atomic E-state index is 14.2. The van der Waals surface area contributed by atoms with E-state index in [4.69, 9.17) is 0 Å². The van der Waals surface area contributed by atoms with E-state index in [-0.39, 0.29) is 37.6 Å². The van der Waals surface area contributed by atoms with E-state index >= 15 is 0 Å². The normalized spacial score (nSPS) is 28.3. The van der Waals surface area contributed by atoms with Crippen LogP contribution in [0.2, 0.25) is 0 Å². The molecule has 2 fully saturated rings. The number of hydrogen-bond acceptors (Lipinski definition) is 10. The lowest BCUT2D eigenvalue weighted by Crippen LogP contribution is -2.63. The molecule has 0 saturated carbocycles. The Kier molecular flexibility index (Phi) is 18.9. The van der Waals surface area contributed by atoms with Gasteiger partial charge in [0.25, 0.3) is 0 Å². The van der Waals surface area contributed by atoms with Gasteiger partial charge in [0.2, 0.25) is 47.3 Å². The summed E-state index contributed by atoms with van der Waals surface area (Å²) in [6.45, 7) is 12.9. The van der Waals surface area contributed by atoms with Crippen LogP contribution < -0.4 is 37.2 Å². The highest BCUT2D eigenvalue weighted by Crippen LogP contribution is 2.22. The number of aliphatic hydroxyl groups excluding tert-OH is 2. The highest BCUT2D eigenvalue weighted by molar-refractivity contribution is 5.99. The Balaban J connectivity index is 2.10. The van der Waals surface area contributed by atoms with Crippen LogP contribution in [0.3, 0.4) is 0 Å². The molecule has 334 valence electrons. The monoisotopic (exact) mass is 842 g/mol. The van der Waals surface area contributed by atoms with Gasteiger partial charge in [-0.25, -0.2) is 0 Å². The summed E-state index contributed by atoms with van der Waals surface area (Å²) in [5.41, 5.74) is 0.604. The summed E-state index contributed by atoms with van der Waals surface area (Å²) in [5, 5.41) is 39.2. The Bertz CT molecular complexity index is 1670. The Morgan fingerprint density at radius 1 is 0.633 bits per heavy atom. The third kappa shape index (κ3) is 14.0. The molecule has 1 aromatic carbocycles. The number of aliphatic hydroxyl groups is 2. The molecule has 2 saturated heterocycles. The van der Waals surface area contributed by atoms with Crippen molar-refractivity contribution in [1.82, 2.24) is 42.1 Å². The first kappa shape index (κ1) is 49.3. The Morgan fingerprint density at radius 2 is 1.13 bits per heavy atom. The van der Waals surface area contributed by atoms with Crippen molar-refractivity contribution in [1.29, 1.82) is 0 Å². The topological polar surface area (TPSA) is 264 Å². The van der Waals surface area contributed by atoms with Crippen molar-refractivity contribution >= 4 is 47.3 Å². The van der Waals surface area contributed by atoms with E-state index in [1.807, 2.05) is 34.6 Å². The van der Waals surface area contributed by atoms with Crippen molar-refractivity contribution < 1.29 is 48.6 Å². The largest absolute Gasteiger partial charge is 0.394 e. The lowest BCUT2D eigenvalue weighted by atomic mass is 9.96. The van der Waals surface area contributed by atoms with Gasteiger partial charge in [-0.3, -0.25) is 38.4 Å². The average molecular weight is 843 g/mol. The Labute approximate surface area is 352 Å². The van der Waals surface area contributed by atoms with Crippen molar-refractivity contribution in [2.24, 2.45) is 17.8 Å². The smallest absolute Gasteiger partial charge is 0.246 e. The highest BCUT2D eigenvalue weighted by atomic mass is 16.3. The van der Waals surface area contributed by atoms with E-state index in [9.17, 15) is 48.6 Å². The lowest BCUT2D eigenvalue weighted by Gasteiger charge is -2.33. The summed E-state index contributed by atoms with van der Waals surface area (Å²) in [7, 11) is 0. The quantitative estimate of drug-likeness (QED) is 0.141. The molecule has 18 nitrogen and oxygen atoms in total. The van der Waals surface area contributed by atoms with Gasteiger partial charge in [-0.1, -0.05) is 78.3 Å². The molecule has 0 radical (unpaired) electrons. The number of carbonyl (C=O) groups excluding carboxylic acids is 8. The summed E-state index contributed by atoms with van der Waals surface area (Å²) in [5.74, 6) is -6.69. The Morgan fingerprint density at radius 3 is 1.67 bits per heavy atom. The predicted molar refractivity (Wildman–Crippen MR) is 221 cm³/mol. The molecule has 1 aromatic rings. The molecule has 0 spiro atoms. The maximum Gasteiger partial charge on any atom is 0.246 e. The van der Waals surface area contributed by atoms with Crippen LogP contribution in [0.15, 0.2) is 30.3 Å². The van der Waals surface area contributed by atoms with Crippen LogP contribution in [0.4, 0.5) is 0 Å². The summed E-state index contributed by atoms with van der Waals surface area (Å²) in [6, 6.07) is -1.66. The first-order valence-corrected chi connectivity index (χ1v) is 21.0. The second kappa shape index (κ2) is 23.0. The number of carbonyl (C=O) groups is 8. The molecule has 3 rings (SSSR count). The molecule has 9 N–H and O–H groups in total. The standard InChI is InChI=1S/C42H66N8O10/c1-9-24(6)33-42(60)50-17-13-16-32(50)40(58)46-29(19-23(4)5)36(54)44-28(18-22(2)3)37(55)47-31(21-51)39(57)45-30(20-27-14-11-10-12-15-27)38(56)49-34(26(8)52)41(59)43-25(7)35(53)48-33/h10-12,14-15,22-26,28-34,51-52H,9,13,16-21H2,1-8H3,(H,43,59)(H,44,54)(H,45,57)(H,46,58)(H,47,55)(H,48,53)(H,49,56)/t24-,25-,26-,28-,29+,30-,31-,32+,33-,34-/m0/s1. The van der Waals surface area contributed by atoms with Gasteiger partial charge in [0.15, 0.2) is 0 Å². The first-order valence-electron chi connectivity index (χ1n) is 21.0. The van der Waals surface area contributed by atoms with Gasteiger partial charge in [-0.05, 0) is 62.8 Å². The van der Waals surface area contributed by atoms with Gasteiger partial charge >= 0.3 is 0 Å². The van der Waals surface area contributed by atoms with Crippen LogP contribution in [-0.2, 0) is 44.8 Å². The molecule has 0 aromatic heterocycles. The fraction of sp³-hybridized carbons (Fsp3) is 0.667. The highest BCUT2D eigenvalue weighted by Gasteiger charge is 2.41. The van der Waals surface area contributed by atoms with E-state index in [2.05, 4.69) is 37.2 Å². The van der Waals surface area contributed by atoms with Gasteiger partial charge in [0.1, 0.15) is 48.3 Å². The van der Waals surface area contributed by atoms with Crippen molar-refractivity contribution in [3.8, 4) is 0 Å². The number of benzene rings is 1. The number of hydrogen-bond donors (Lipinski definition) is 9. The zero-order valence-corrected chi connectivity index (χ0v) is 36.1. The predicted octanol–water partition coefficient (Wildman–Crippen LogP) is -0.841. The van der Waals surface area contributed by atoms with Crippen LogP contribution in [-0.4, -0.2) is 130 Å². The van der Waals surface area contributed by atoms with E-state index in [0.29, 0.717) is 24.8 Å². The van der Waals surface area contributed by atoms with Crippen molar-refractivity contribution in [3.05, 3.63) is 35.9 Å². The zero-order valence-electron chi connectivity index (χ0n) is 36.1. The molecular weight excluding hydrogens is 777 g/mol. The minimum Gasteiger partial charge on any atom is -0.394 e. The van der Waals surface area contributed by atoms with Crippen molar-refractivity contribution in [2.75, 3.05) is 13.2 Å². The zero-order chi connectivity index (χ0) is 44.8. The summed E-state index contributed by atoms with van der Waals surface area (Å²) >= 11 is 0. The fourth-order valence-electron chi connectivity index (χ4n) is 7.21. The van der Waals surface area contributed by atoms with Crippen LogP contribution in [0.1, 0.15) is 93.1 Å². The second-order valence-corrected chi connectivity index (χ2v) is 16.9. The number of nitrogens with zero attached hydrogens (tertiary/aromatic N) is 1. The number of fused-ring (bicyclic) bond motifs is 1. The molecule has 0 bridgehead atoms. The number of nitrogens with one attached hydrogen (secondary N) is 7. The molecular formula is C42H66N8O10. The van der Waals surface area contributed by atoms with Crippen LogP contribution >= 0.6 is 0 Å².